The summed E-state index contributed by atoms with van der Waals surface area (Å²) < 4.78 is 1.04. The Morgan fingerprint density at radius 3 is 2.67 bits per heavy atom. The minimum absolute atomic E-state index is 0.00641. The molecule has 0 fully saturated rings. The Morgan fingerprint density at radius 2 is 2.06 bits per heavy atom. The van der Waals surface area contributed by atoms with E-state index < -0.39 is 6.10 Å². The maximum Gasteiger partial charge on any atom is 0.220 e. The monoisotopic (exact) mass is 313 g/mol. The molecule has 3 nitrogen and oxygen atoms in total. The Hall–Kier alpha value is -0.870. The fraction of sp³-hybridized carbons (Fsp3) is 0.500. The number of aryl methyl sites for hydroxylation is 1. The van der Waals surface area contributed by atoms with E-state index in [4.69, 9.17) is 0 Å². The number of nitrogens with one attached hydrogen (secondary N) is 1. The zero-order chi connectivity index (χ0) is 13.4. The molecular weight excluding hydrogens is 294 g/mol. The van der Waals surface area contributed by atoms with Crippen LogP contribution in [0.25, 0.3) is 0 Å². The van der Waals surface area contributed by atoms with Gasteiger partial charge in [0.25, 0.3) is 0 Å². The zero-order valence-corrected chi connectivity index (χ0v) is 12.2. The maximum absolute atomic E-state index is 11.6. The molecule has 1 unspecified atom stereocenters. The number of carbonyl (C=O) groups is 1. The molecule has 2 N–H and O–H groups in total. The Bertz CT molecular complexity index is 365. The number of hydrogen-bond acceptors (Lipinski definition) is 2. The van der Waals surface area contributed by atoms with E-state index in [1.807, 2.05) is 31.2 Å². The second kappa shape index (κ2) is 8.27. The molecule has 0 saturated heterocycles. The van der Waals surface area contributed by atoms with Gasteiger partial charge >= 0.3 is 0 Å². The van der Waals surface area contributed by atoms with E-state index in [-0.39, 0.29) is 5.91 Å². The molecule has 1 aromatic carbocycles. The fourth-order valence-corrected chi connectivity index (χ4v) is 1.93. The molecule has 18 heavy (non-hydrogen) atoms. The second-order valence-electron chi connectivity index (χ2n) is 4.37. The zero-order valence-electron chi connectivity index (χ0n) is 10.7. The van der Waals surface area contributed by atoms with Gasteiger partial charge in [-0.3, -0.25) is 4.79 Å². The first kappa shape index (κ1) is 15.2. The van der Waals surface area contributed by atoms with Crippen molar-refractivity contribution in [2.45, 2.75) is 38.7 Å². The van der Waals surface area contributed by atoms with Gasteiger partial charge in [-0.1, -0.05) is 41.4 Å². The topological polar surface area (TPSA) is 49.3 Å². The van der Waals surface area contributed by atoms with Gasteiger partial charge in [0.15, 0.2) is 0 Å². The van der Waals surface area contributed by atoms with Crippen molar-refractivity contribution in [1.29, 1.82) is 0 Å². The Balaban J connectivity index is 2.22. The van der Waals surface area contributed by atoms with Crippen molar-refractivity contribution in [1.82, 2.24) is 5.32 Å². The van der Waals surface area contributed by atoms with Crippen LogP contribution in [-0.2, 0) is 11.2 Å². The van der Waals surface area contributed by atoms with Gasteiger partial charge in [0.2, 0.25) is 5.91 Å². The molecule has 0 spiro atoms. The molecule has 0 bridgehead atoms. The molecule has 0 heterocycles. The Morgan fingerprint density at radius 1 is 1.39 bits per heavy atom. The molecule has 1 rings (SSSR count). The van der Waals surface area contributed by atoms with E-state index >= 15 is 0 Å². The van der Waals surface area contributed by atoms with Crippen LogP contribution in [0.1, 0.15) is 31.7 Å². The van der Waals surface area contributed by atoms with E-state index in [0.717, 1.165) is 29.3 Å². The number of halogens is 1. The lowest BCUT2D eigenvalue weighted by Gasteiger charge is -2.10. The summed E-state index contributed by atoms with van der Waals surface area (Å²) in [6, 6.07) is 7.95. The van der Waals surface area contributed by atoms with Crippen molar-refractivity contribution in [2.75, 3.05) is 6.54 Å². The lowest BCUT2D eigenvalue weighted by Crippen LogP contribution is -2.32. The van der Waals surface area contributed by atoms with E-state index in [1.165, 1.54) is 0 Å². The number of benzene rings is 1. The van der Waals surface area contributed by atoms with Crippen LogP contribution >= 0.6 is 15.9 Å². The third-order valence-corrected chi connectivity index (χ3v) is 3.24. The van der Waals surface area contributed by atoms with Gasteiger partial charge in [-0.25, -0.2) is 0 Å². The highest BCUT2D eigenvalue weighted by Gasteiger charge is 2.06. The van der Waals surface area contributed by atoms with Gasteiger partial charge < -0.3 is 10.4 Å². The summed E-state index contributed by atoms with van der Waals surface area (Å²) in [6.45, 7) is 2.37. The molecule has 1 aromatic rings. The average Bonchev–Trinajstić information content (AvgIpc) is 2.36. The van der Waals surface area contributed by atoms with Gasteiger partial charge in [0, 0.05) is 17.4 Å². The first-order valence-electron chi connectivity index (χ1n) is 6.31. The van der Waals surface area contributed by atoms with Crippen LogP contribution < -0.4 is 5.32 Å². The van der Waals surface area contributed by atoms with Crippen LogP contribution in [0, 0.1) is 0 Å². The van der Waals surface area contributed by atoms with E-state index in [1.54, 1.807) is 0 Å². The van der Waals surface area contributed by atoms with Crippen LogP contribution in [0.15, 0.2) is 28.7 Å². The highest BCUT2D eigenvalue weighted by molar-refractivity contribution is 9.10. The van der Waals surface area contributed by atoms with E-state index in [0.29, 0.717) is 13.0 Å². The van der Waals surface area contributed by atoms with Gasteiger partial charge in [-0.2, -0.15) is 0 Å². The normalized spacial score (nSPS) is 12.2. The maximum atomic E-state index is 11.6. The molecule has 4 heteroatoms. The second-order valence-corrected chi connectivity index (χ2v) is 5.29. The molecule has 0 saturated carbocycles. The first-order valence-corrected chi connectivity index (χ1v) is 7.10. The Kier molecular flexibility index (Phi) is 6.98. The smallest absolute Gasteiger partial charge is 0.220 e. The Labute approximate surface area is 117 Å². The lowest BCUT2D eigenvalue weighted by atomic mass is 10.1. The number of aliphatic hydroxyl groups excluding tert-OH is 1. The molecule has 0 aliphatic rings. The van der Waals surface area contributed by atoms with E-state index in [9.17, 15) is 9.90 Å². The average molecular weight is 314 g/mol. The third kappa shape index (κ3) is 6.17. The highest BCUT2D eigenvalue weighted by Crippen LogP contribution is 2.11. The minimum atomic E-state index is -0.424. The molecular formula is C14H20BrNO2. The number of aliphatic hydroxyl groups is 1. The molecule has 0 aliphatic heterocycles. The van der Waals surface area contributed by atoms with Crippen molar-refractivity contribution in [3.8, 4) is 0 Å². The minimum Gasteiger partial charge on any atom is -0.391 e. The summed E-state index contributed by atoms with van der Waals surface area (Å²) in [4.78, 5) is 11.6. The molecule has 1 atom stereocenters. The SMILES string of the molecule is CCCC(O)CNC(=O)CCc1ccc(Br)cc1. The molecule has 100 valence electrons. The number of carbonyl (C=O) groups excluding carboxylic acids is 1. The molecule has 0 radical (unpaired) electrons. The molecule has 0 aromatic heterocycles. The van der Waals surface area contributed by atoms with Crippen LogP contribution in [0.5, 0.6) is 0 Å². The van der Waals surface area contributed by atoms with Crippen molar-refractivity contribution in [3.63, 3.8) is 0 Å². The summed E-state index contributed by atoms with van der Waals surface area (Å²) in [5.74, 6) is -0.00641. The van der Waals surface area contributed by atoms with Crippen molar-refractivity contribution in [3.05, 3.63) is 34.3 Å². The number of hydrogen-bond donors (Lipinski definition) is 2. The van der Waals surface area contributed by atoms with E-state index in [2.05, 4.69) is 21.2 Å². The third-order valence-electron chi connectivity index (χ3n) is 2.71. The van der Waals surface area contributed by atoms with Crippen LogP contribution in [-0.4, -0.2) is 23.7 Å². The van der Waals surface area contributed by atoms with Crippen molar-refractivity contribution < 1.29 is 9.90 Å². The standard InChI is InChI=1S/C14H20BrNO2/c1-2-3-13(17)10-16-14(18)9-6-11-4-7-12(15)8-5-11/h4-5,7-8,13,17H,2-3,6,9-10H2,1H3,(H,16,18). The summed E-state index contributed by atoms with van der Waals surface area (Å²) in [5, 5.41) is 12.2. The summed E-state index contributed by atoms with van der Waals surface area (Å²) in [5.41, 5.74) is 1.14. The quantitative estimate of drug-likeness (QED) is 0.813. The van der Waals surface area contributed by atoms with Crippen molar-refractivity contribution in [2.24, 2.45) is 0 Å². The van der Waals surface area contributed by atoms with Crippen LogP contribution in [0.2, 0.25) is 0 Å². The number of amides is 1. The largest absolute Gasteiger partial charge is 0.391 e. The van der Waals surface area contributed by atoms with Gasteiger partial charge in [-0.15, -0.1) is 0 Å². The summed E-state index contributed by atoms with van der Waals surface area (Å²) in [7, 11) is 0. The van der Waals surface area contributed by atoms with Crippen LogP contribution in [0.4, 0.5) is 0 Å². The van der Waals surface area contributed by atoms with Gasteiger partial charge in [0.05, 0.1) is 6.10 Å². The summed E-state index contributed by atoms with van der Waals surface area (Å²) >= 11 is 3.37. The first-order chi connectivity index (χ1) is 8.61. The van der Waals surface area contributed by atoms with Gasteiger partial charge in [0.1, 0.15) is 0 Å². The predicted octanol–water partition coefficient (Wildman–Crippen LogP) is 2.66. The highest BCUT2D eigenvalue weighted by atomic mass is 79.9. The molecule has 0 aliphatic carbocycles. The van der Waals surface area contributed by atoms with Crippen LogP contribution in [0.3, 0.4) is 0 Å². The van der Waals surface area contributed by atoms with Crippen molar-refractivity contribution >= 4 is 21.8 Å². The summed E-state index contributed by atoms with van der Waals surface area (Å²) in [6.07, 6.45) is 2.42. The molecule has 1 amide bonds. The number of rotatable bonds is 7. The van der Waals surface area contributed by atoms with Gasteiger partial charge in [-0.05, 0) is 30.5 Å². The lowest BCUT2D eigenvalue weighted by molar-refractivity contribution is -0.121. The predicted molar refractivity (Wildman–Crippen MR) is 76.4 cm³/mol. The fourth-order valence-electron chi connectivity index (χ4n) is 1.66.